The molecule has 0 aromatic carbocycles. The van der Waals surface area contributed by atoms with Crippen molar-refractivity contribution in [1.29, 1.82) is 0 Å². The number of phosphoric acid groups is 1. The molecule has 198 valence electrons. The Bertz CT molecular complexity index is 539. The van der Waals surface area contributed by atoms with Crippen LogP contribution in [-0.2, 0) is 18.6 Å². The second-order valence-electron chi connectivity index (χ2n) is 9.62. The average molecular weight is 495 g/mol. The Kier molecular flexibility index (Phi) is 17.6. The summed E-state index contributed by atoms with van der Waals surface area (Å²) in [5.74, 6) is -0.700. The van der Waals surface area contributed by atoms with Crippen LogP contribution in [-0.4, -0.2) is 40.7 Å². The third-order valence-corrected chi connectivity index (χ3v) is 8.24. The van der Waals surface area contributed by atoms with Crippen LogP contribution in [0.25, 0.3) is 0 Å². The molecule has 0 rings (SSSR count). The van der Waals surface area contributed by atoms with Crippen molar-refractivity contribution < 1.29 is 33.5 Å². The molecule has 0 aliphatic rings. The largest absolute Gasteiger partial charge is 0.481 e. The normalized spacial score (nSPS) is 12.9. The quantitative estimate of drug-likeness (QED) is 0.102. The number of hydrogen-bond acceptors (Lipinski definition) is 4. The van der Waals surface area contributed by atoms with Gasteiger partial charge in [-0.2, -0.15) is 0 Å². The van der Waals surface area contributed by atoms with E-state index in [1.54, 1.807) is 0 Å². The number of carboxylic acid groups (broad SMARTS) is 1. The summed E-state index contributed by atoms with van der Waals surface area (Å²) in [6.45, 7) is 10.5. The summed E-state index contributed by atoms with van der Waals surface area (Å²) >= 11 is 0. The highest BCUT2D eigenvalue weighted by atomic mass is 31.2. The van der Waals surface area contributed by atoms with Gasteiger partial charge in [-0.3, -0.25) is 9.32 Å². The number of aliphatic carboxylic acids is 1. The zero-order valence-corrected chi connectivity index (χ0v) is 22.5. The molecule has 0 unspecified atom stereocenters. The van der Waals surface area contributed by atoms with E-state index in [1.165, 1.54) is 0 Å². The van der Waals surface area contributed by atoms with E-state index in [-0.39, 0.29) is 18.4 Å². The predicted molar refractivity (Wildman–Crippen MR) is 133 cm³/mol. The van der Waals surface area contributed by atoms with Crippen LogP contribution in [0.4, 0.5) is 0 Å². The molecule has 8 heteroatoms. The molecule has 0 bridgehead atoms. The number of phosphoric ester groups is 1. The Morgan fingerprint density at radius 2 is 1.09 bits per heavy atom. The van der Waals surface area contributed by atoms with Crippen molar-refractivity contribution in [3.63, 3.8) is 0 Å². The molecule has 0 heterocycles. The van der Waals surface area contributed by atoms with Gasteiger partial charge in [-0.05, 0) is 55.8 Å². The number of ether oxygens (including phenoxy) is 1. The summed E-state index contributed by atoms with van der Waals surface area (Å²) in [6.07, 6.45) is 14.5. The molecule has 0 aliphatic carbocycles. The van der Waals surface area contributed by atoms with Crippen LogP contribution in [0, 0.1) is 10.8 Å². The zero-order chi connectivity index (χ0) is 25.2. The first-order valence-electron chi connectivity index (χ1n) is 13.1. The van der Waals surface area contributed by atoms with Gasteiger partial charge in [0.15, 0.2) is 0 Å². The maximum Gasteiger partial charge on any atom is 0.469 e. The molecule has 0 saturated heterocycles. The van der Waals surface area contributed by atoms with Gasteiger partial charge in [0.2, 0.25) is 0 Å². The fourth-order valence-electron chi connectivity index (χ4n) is 4.83. The van der Waals surface area contributed by atoms with Gasteiger partial charge in [0.1, 0.15) is 0 Å². The minimum absolute atomic E-state index is 0.110. The highest BCUT2D eigenvalue weighted by molar-refractivity contribution is 7.46. The van der Waals surface area contributed by atoms with Gasteiger partial charge in [0, 0.05) is 19.6 Å². The third kappa shape index (κ3) is 15.9. The third-order valence-electron chi connectivity index (χ3n) is 7.72. The molecule has 33 heavy (non-hydrogen) atoms. The van der Waals surface area contributed by atoms with E-state index in [9.17, 15) is 9.36 Å². The van der Waals surface area contributed by atoms with Gasteiger partial charge in [-0.1, -0.05) is 72.6 Å². The molecule has 0 aliphatic heterocycles. The number of unbranched alkanes of at least 4 members (excludes halogenated alkanes) is 3. The summed E-state index contributed by atoms with van der Waals surface area (Å²) in [7, 11) is -4.35. The van der Waals surface area contributed by atoms with Gasteiger partial charge in [-0.25, -0.2) is 4.57 Å². The SMILES string of the molecule is CCC(CC)(CCCCOCCCCC(CC)(CC)CCC(=O)O)CCCCOP(=O)(O)O. The standard InChI is InChI=1S/C25H51O7P/c1-5-24(6-2,17-11-14-22-32-33(28,29)30)16-9-12-20-31-21-13-10-18-25(7-3,8-4)19-15-23(26)27/h5-22H2,1-4H3,(H,26,27)(H2,28,29,30). The summed E-state index contributed by atoms with van der Waals surface area (Å²) in [5, 5.41) is 9.00. The Morgan fingerprint density at radius 1 is 0.697 bits per heavy atom. The van der Waals surface area contributed by atoms with Crippen molar-refractivity contribution in [3.8, 4) is 0 Å². The lowest BCUT2D eigenvalue weighted by Gasteiger charge is -2.32. The summed E-state index contributed by atoms with van der Waals surface area (Å²) in [5.41, 5.74) is 0.450. The molecular formula is C25H51O7P. The molecule has 0 amide bonds. The van der Waals surface area contributed by atoms with Crippen LogP contribution >= 0.6 is 7.82 Å². The van der Waals surface area contributed by atoms with E-state index in [1.807, 2.05) is 0 Å². The molecule has 0 spiro atoms. The van der Waals surface area contributed by atoms with E-state index in [4.69, 9.17) is 19.6 Å². The number of carboxylic acids is 1. The lowest BCUT2D eigenvalue weighted by atomic mass is 9.74. The smallest absolute Gasteiger partial charge is 0.469 e. The van der Waals surface area contributed by atoms with Crippen LogP contribution in [0.5, 0.6) is 0 Å². The Labute approximate surface area is 202 Å². The molecule has 0 saturated carbocycles. The van der Waals surface area contributed by atoms with Crippen molar-refractivity contribution in [3.05, 3.63) is 0 Å². The highest BCUT2D eigenvalue weighted by Gasteiger charge is 2.26. The first-order chi connectivity index (χ1) is 15.6. The summed E-state index contributed by atoms with van der Waals surface area (Å²) in [4.78, 5) is 28.5. The molecule has 0 radical (unpaired) electrons. The van der Waals surface area contributed by atoms with E-state index >= 15 is 0 Å². The first-order valence-corrected chi connectivity index (χ1v) is 14.6. The molecule has 0 aromatic rings. The van der Waals surface area contributed by atoms with Crippen molar-refractivity contribution in [2.24, 2.45) is 10.8 Å². The van der Waals surface area contributed by atoms with Crippen molar-refractivity contribution in [2.45, 2.75) is 124 Å². The highest BCUT2D eigenvalue weighted by Crippen LogP contribution is 2.39. The topological polar surface area (TPSA) is 113 Å². The van der Waals surface area contributed by atoms with E-state index in [0.29, 0.717) is 11.8 Å². The predicted octanol–water partition coefficient (Wildman–Crippen LogP) is 7.10. The van der Waals surface area contributed by atoms with E-state index in [0.717, 1.165) is 96.7 Å². The number of hydrogen-bond donors (Lipinski definition) is 3. The maximum atomic E-state index is 10.9. The van der Waals surface area contributed by atoms with Gasteiger partial charge in [-0.15, -0.1) is 0 Å². The first kappa shape index (κ1) is 32.5. The molecule has 7 nitrogen and oxygen atoms in total. The number of carbonyl (C=O) groups is 1. The lowest BCUT2D eigenvalue weighted by molar-refractivity contribution is -0.137. The van der Waals surface area contributed by atoms with Crippen LogP contribution in [0.1, 0.15) is 124 Å². The van der Waals surface area contributed by atoms with Crippen molar-refractivity contribution >= 4 is 13.8 Å². The Hall–Kier alpha value is -0.460. The van der Waals surface area contributed by atoms with Crippen molar-refractivity contribution in [1.82, 2.24) is 0 Å². The van der Waals surface area contributed by atoms with Crippen LogP contribution in [0.3, 0.4) is 0 Å². The molecule has 0 aromatic heterocycles. The van der Waals surface area contributed by atoms with Gasteiger partial charge < -0.3 is 19.6 Å². The average Bonchev–Trinajstić information content (AvgIpc) is 2.78. The minimum atomic E-state index is -4.35. The fraction of sp³-hybridized carbons (Fsp3) is 0.960. The number of rotatable bonds is 23. The van der Waals surface area contributed by atoms with E-state index < -0.39 is 13.8 Å². The van der Waals surface area contributed by atoms with Gasteiger partial charge in [0.25, 0.3) is 0 Å². The molecule has 0 atom stereocenters. The van der Waals surface area contributed by atoms with Gasteiger partial charge >= 0.3 is 13.8 Å². The lowest BCUT2D eigenvalue weighted by Crippen LogP contribution is -2.20. The molecular weight excluding hydrogens is 443 g/mol. The minimum Gasteiger partial charge on any atom is -0.481 e. The molecule has 0 fully saturated rings. The van der Waals surface area contributed by atoms with Crippen LogP contribution in [0.2, 0.25) is 0 Å². The van der Waals surface area contributed by atoms with Gasteiger partial charge in [0.05, 0.1) is 6.61 Å². The second kappa shape index (κ2) is 17.9. The van der Waals surface area contributed by atoms with Crippen LogP contribution < -0.4 is 0 Å². The zero-order valence-electron chi connectivity index (χ0n) is 21.6. The fourth-order valence-corrected chi connectivity index (χ4v) is 5.20. The maximum absolute atomic E-state index is 10.9. The Morgan fingerprint density at radius 3 is 1.45 bits per heavy atom. The Balaban J connectivity index is 4.02. The van der Waals surface area contributed by atoms with E-state index in [2.05, 4.69) is 32.2 Å². The van der Waals surface area contributed by atoms with Crippen LogP contribution in [0.15, 0.2) is 0 Å². The monoisotopic (exact) mass is 494 g/mol. The summed E-state index contributed by atoms with van der Waals surface area (Å²) in [6, 6.07) is 0. The van der Waals surface area contributed by atoms with Crippen molar-refractivity contribution in [2.75, 3.05) is 19.8 Å². The second-order valence-corrected chi connectivity index (χ2v) is 10.9. The summed E-state index contributed by atoms with van der Waals surface area (Å²) < 4.78 is 21.2. The molecule has 3 N–H and O–H groups in total.